The number of hydrogen-bond acceptors (Lipinski definition) is 3. The molecule has 2 fully saturated rings. The van der Waals surface area contributed by atoms with E-state index in [9.17, 15) is 9.59 Å². The number of Topliss-reactive ketones (excluding diaryl/α,β-unsaturated/α-hetero) is 1. The molecule has 0 aromatic carbocycles. The molecule has 2 aliphatic rings. The molecule has 0 radical (unpaired) electrons. The van der Waals surface area contributed by atoms with Crippen molar-refractivity contribution < 1.29 is 9.59 Å². The van der Waals surface area contributed by atoms with Crippen LogP contribution in [0.1, 0.15) is 45.4 Å². The first-order chi connectivity index (χ1) is 9.16. The standard InChI is InChI=1S/C15H26N2O2/c1-13(18)7-8-16-9-11-17(12-10-16)15(19)14-5-3-2-4-6-14/h14H,2-12H2,1H3. The van der Waals surface area contributed by atoms with Gasteiger partial charge in [0.15, 0.2) is 0 Å². The van der Waals surface area contributed by atoms with E-state index < -0.39 is 0 Å². The largest absolute Gasteiger partial charge is 0.340 e. The highest BCUT2D eigenvalue weighted by Crippen LogP contribution is 2.25. The van der Waals surface area contributed by atoms with Crippen LogP contribution in [0, 0.1) is 5.92 Å². The Hall–Kier alpha value is -0.900. The van der Waals surface area contributed by atoms with E-state index in [1.165, 1.54) is 19.3 Å². The molecule has 1 heterocycles. The summed E-state index contributed by atoms with van der Waals surface area (Å²) >= 11 is 0. The molecular weight excluding hydrogens is 240 g/mol. The number of hydrogen-bond donors (Lipinski definition) is 0. The average molecular weight is 266 g/mol. The second-order valence-corrected chi connectivity index (χ2v) is 5.95. The molecule has 1 aliphatic carbocycles. The van der Waals surface area contributed by atoms with Gasteiger partial charge >= 0.3 is 0 Å². The third-order valence-corrected chi connectivity index (χ3v) is 4.42. The quantitative estimate of drug-likeness (QED) is 0.777. The Kier molecular flexibility index (Phi) is 5.37. The third-order valence-electron chi connectivity index (χ3n) is 4.42. The number of amides is 1. The summed E-state index contributed by atoms with van der Waals surface area (Å²) < 4.78 is 0. The molecule has 108 valence electrons. The molecule has 0 aromatic rings. The van der Waals surface area contributed by atoms with Crippen LogP contribution in [-0.2, 0) is 9.59 Å². The molecule has 0 bridgehead atoms. The second kappa shape index (κ2) is 7.04. The van der Waals surface area contributed by atoms with Crippen molar-refractivity contribution in [2.45, 2.75) is 45.4 Å². The van der Waals surface area contributed by atoms with Crippen LogP contribution < -0.4 is 0 Å². The minimum Gasteiger partial charge on any atom is -0.340 e. The molecule has 0 spiro atoms. The zero-order chi connectivity index (χ0) is 13.7. The van der Waals surface area contributed by atoms with Gasteiger partial charge in [0.1, 0.15) is 5.78 Å². The van der Waals surface area contributed by atoms with Gasteiger partial charge in [-0.3, -0.25) is 14.5 Å². The summed E-state index contributed by atoms with van der Waals surface area (Å²) in [4.78, 5) is 27.7. The van der Waals surface area contributed by atoms with Gasteiger partial charge in [-0.15, -0.1) is 0 Å². The van der Waals surface area contributed by atoms with E-state index in [0.29, 0.717) is 12.3 Å². The number of ketones is 1. The van der Waals surface area contributed by atoms with Gasteiger partial charge in [-0.2, -0.15) is 0 Å². The van der Waals surface area contributed by atoms with Gasteiger partial charge in [0, 0.05) is 45.1 Å². The van der Waals surface area contributed by atoms with E-state index in [2.05, 4.69) is 4.90 Å². The molecule has 2 rings (SSSR count). The minimum atomic E-state index is 0.251. The van der Waals surface area contributed by atoms with Gasteiger partial charge in [-0.1, -0.05) is 19.3 Å². The van der Waals surface area contributed by atoms with Gasteiger partial charge in [-0.25, -0.2) is 0 Å². The SMILES string of the molecule is CC(=O)CCN1CCN(C(=O)C2CCCCC2)CC1. The molecule has 0 aromatic heterocycles. The lowest BCUT2D eigenvalue weighted by Crippen LogP contribution is -2.50. The maximum atomic E-state index is 12.4. The highest BCUT2D eigenvalue weighted by molar-refractivity contribution is 5.79. The fourth-order valence-corrected chi connectivity index (χ4v) is 3.12. The fourth-order valence-electron chi connectivity index (χ4n) is 3.12. The van der Waals surface area contributed by atoms with Gasteiger partial charge in [0.25, 0.3) is 0 Å². The highest BCUT2D eigenvalue weighted by atomic mass is 16.2. The molecule has 0 N–H and O–H groups in total. The third kappa shape index (κ3) is 4.30. The summed E-state index contributed by atoms with van der Waals surface area (Å²) in [7, 11) is 0. The van der Waals surface area contributed by atoms with E-state index in [1.807, 2.05) is 4.90 Å². The van der Waals surface area contributed by atoms with Crippen LogP contribution in [0.4, 0.5) is 0 Å². The van der Waals surface area contributed by atoms with Crippen molar-refractivity contribution in [1.29, 1.82) is 0 Å². The van der Waals surface area contributed by atoms with Crippen LogP contribution in [0.3, 0.4) is 0 Å². The van der Waals surface area contributed by atoms with Gasteiger partial charge in [-0.05, 0) is 19.8 Å². The van der Waals surface area contributed by atoms with Crippen molar-refractivity contribution in [2.24, 2.45) is 5.92 Å². The van der Waals surface area contributed by atoms with Crippen LogP contribution in [0.2, 0.25) is 0 Å². The smallest absolute Gasteiger partial charge is 0.225 e. The molecule has 0 atom stereocenters. The van der Waals surface area contributed by atoms with Crippen LogP contribution in [0.5, 0.6) is 0 Å². The summed E-state index contributed by atoms with van der Waals surface area (Å²) in [6, 6.07) is 0. The molecule has 1 amide bonds. The predicted molar refractivity (Wildman–Crippen MR) is 74.9 cm³/mol. The molecule has 4 heteroatoms. The Morgan fingerprint density at radius 2 is 1.63 bits per heavy atom. The Bertz CT molecular complexity index is 316. The summed E-state index contributed by atoms with van der Waals surface area (Å²) in [5.41, 5.74) is 0. The Morgan fingerprint density at radius 1 is 1.00 bits per heavy atom. The predicted octanol–water partition coefficient (Wildman–Crippen LogP) is 1.69. The van der Waals surface area contributed by atoms with Crippen molar-refractivity contribution in [3.63, 3.8) is 0 Å². The van der Waals surface area contributed by atoms with Crippen molar-refractivity contribution in [1.82, 2.24) is 9.80 Å². The Labute approximate surface area is 116 Å². The minimum absolute atomic E-state index is 0.251. The van der Waals surface area contributed by atoms with Crippen molar-refractivity contribution in [2.75, 3.05) is 32.7 Å². The van der Waals surface area contributed by atoms with Crippen LogP contribution in [-0.4, -0.2) is 54.2 Å². The van der Waals surface area contributed by atoms with Crippen LogP contribution in [0.25, 0.3) is 0 Å². The van der Waals surface area contributed by atoms with Gasteiger partial charge < -0.3 is 4.90 Å². The zero-order valence-corrected chi connectivity index (χ0v) is 12.1. The summed E-state index contributed by atoms with van der Waals surface area (Å²) in [5.74, 6) is 0.921. The lowest BCUT2D eigenvalue weighted by Gasteiger charge is -2.37. The lowest BCUT2D eigenvalue weighted by atomic mass is 9.88. The second-order valence-electron chi connectivity index (χ2n) is 5.95. The molecule has 19 heavy (non-hydrogen) atoms. The number of carbonyl (C=O) groups excluding carboxylic acids is 2. The van der Waals surface area contributed by atoms with E-state index in [0.717, 1.165) is 45.6 Å². The molecule has 1 saturated heterocycles. The molecule has 1 saturated carbocycles. The van der Waals surface area contributed by atoms with Crippen LogP contribution in [0.15, 0.2) is 0 Å². The van der Waals surface area contributed by atoms with Gasteiger partial charge in [0.05, 0.1) is 0 Å². The first-order valence-corrected chi connectivity index (χ1v) is 7.67. The molecule has 4 nitrogen and oxygen atoms in total. The first kappa shape index (κ1) is 14.5. The van der Waals surface area contributed by atoms with E-state index in [1.54, 1.807) is 6.92 Å². The summed E-state index contributed by atoms with van der Waals surface area (Å²) in [6.07, 6.45) is 6.54. The number of piperazine rings is 1. The average Bonchev–Trinajstić information content (AvgIpc) is 2.46. The zero-order valence-electron chi connectivity index (χ0n) is 12.1. The molecular formula is C15H26N2O2. The highest BCUT2D eigenvalue weighted by Gasteiger charge is 2.28. The number of rotatable bonds is 4. The summed E-state index contributed by atoms with van der Waals surface area (Å²) in [6.45, 7) is 6.02. The lowest BCUT2D eigenvalue weighted by molar-refractivity contribution is -0.138. The fraction of sp³-hybridized carbons (Fsp3) is 0.867. The van der Waals surface area contributed by atoms with Crippen LogP contribution >= 0.6 is 0 Å². The van der Waals surface area contributed by atoms with E-state index in [4.69, 9.17) is 0 Å². The van der Waals surface area contributed by atoms with Crippen molar-refractivity contribution in [3.05, 3.63) is 0 Å². The molecule has 1 aliphatic heterocycles. The Morgan fingerprint density at radius 3 is 2.21 bits per heavy atom. The van der Waals surface area contributed by atoms with E-state index >= 15 is 0 Å². The monoisotopic (exact) mass is 266 g/mol. The first-order valence-electron chi connectivity index (χ1n) is 7.67. The maximum Gasteiger partial charge on any atom is 0.225 e. The van der Waals surface area contributed by atoms with Crippen molar-refractivity contribution >= 4 is 11.7 Å². The summed E-state index contributed by atoms with van der Waals surface area (Å²) in [5, 5.41) is 0. The number of carbonyl (C=O) groups is 2. The van der Waals surface area contributed by atoms with E-state index in [-0.39, 0.29) is 11.7 Å². The molecule has 0 unspecified atom stereocenters. The Balaban J connectivity index is 1.72. The van der Waals surface area contributed by atoms with Crippen molar-refractivity contribution in [3.8, 4) is 0 Å². The maximum absolute atomic E-state index is 12.4. The topological polar surface area (TPSA) is 40.6 Å². The normalized spacial score (nSPS) is 22.5. The number of nitrogens with zero attached hydrogens (tertiary/aromatic N) is 2. The van der Waals surface area contributed by atoms with Gasteiger partial charge in [0.2, 0.25) is 5.91 Å².